The SMILES string of the molecule is Cn1c(-c2cccc(Oc3cc4c(c5ccccc5n4-c4ccccn4)c4c3c3ccccc3n4-c3ccccc3)c2)nc2ccccc21. The molecule has 0 atom stereocenters. The number of benzene rings is 6. The van der Waals surface area contributed by atoms with Crippen LogP contribution >= 0.6 is 0 Å². The third-order valence-electron chi connectivity index (χ3n) is 9.54. The number of aryl methyl sites for hydroxylation is 1. The fourth-order valence-corrected chi connectivity index (χ4v) is 7.46. The second-order valence-corrected chi connectivity index (χ2v) is 12.3. The van der Waals surface area contributed by atoms with Crippen molar-refractivity contribution in [2.24, 2.45) is 7.05 Å². The Kier molecular flexibility index (Phi) is 5.99. The van der Waals surface area contributed by atoms with Gasteiger partial charge in [-0.1, -0.05) is 84.9 Å². The summed E-state index contributed by atoms with van der Waals surface area (Å²) in [6.07, 6.45) is 1.85. The van der Waals surface area contributed by atoms with E-state index in [2.05, 4.69) is 130 Å². The minimum absolute atomic E-state index is 0.738. The van der Waals surface area contributed by atoms with Crippen molar-refractivity contribution < 1.29 is 4.74 Å². The number of imidazole rings is 1. The van der Waals surface area contributed by atoms with E-state index in [1.54, 1.807) is 0 Å². The molecule has 0 aliphatic rings. The van der Waals surface area contributed by atoms with Gasteiger partial charge in [0, 0.05) is 46.7 Å². The summed E-state index contributed by atoms with van der Waals surface area (Å²) in [6.45, 7) is 0. The van der Waals surface area contributed by atoms with Crippen LogP contribution in [-0.2, 0) is 7.05 Å². The van der Waals surface area contributed by atoms with Crippen LogP contribution in [0, 0.1) is 0 Å². The van der Waals surface area contributed by atoms with Gasteiger partial charge < -0.3 is 13.9 Å². The lowest BCUT2D eigenvalue weighted by Crippen LogP contribution is -1.98. The molecule has 0 unspecified atom stereocenters. The normalized spacial score (nSPS) is 11.8. The van der Waals surface area contributed by atoms with E-state index in [4.69, 9.17) is 14.7 Å². The van der Waals surface area contributed by atoms with E-state index in [1.165, 1.54) is 0 Å². The van der Waals surface area contributed by atoms with Crippen molar-refractivity contribution in [3.05, 3.63) is 158 Å². The van der Waals surface area contributed by atoms with E-state index >= 15 is 0 Å². The number of rotatable bonds is 5. The first kappa shape index (κ1) is 27.5. The quantitative estimate of drug-likeness (QED) is 0.190. The largest absolute Gasteiger partial charge is 0.457 e. The van der Waals surface area contributed by atoms with Crippen molar-refractivity contribution in [2.75, 3.05) is 0 Å². The van der Waals surface area contributed by atoms with Crippen LogP contribution in [0.15, 0.2) is 158 Å². The number of ether oxygens (including phenoxy) is 1. The Balaban J connectivity index is 1.30. The zero-order valence-electron chi connectivity index (χ0n) is 26.7. The molecule has 6 nitrogen and oxygen atoms in total. The molecule has 10 rings (SSSR count). The van der Waals surface area contributed by atoms with Gasteiger partial charge >= 0.3 is 0 Å². The number of aromatic nitrogens is 5. The minimum Gasteiger partial charge on any atom is -0.457 e. The van der Waals surface area contributed by atoms with Crippen LogP contribution in [0.25, 0.3) is 77.5 Å². The van der Waals surface area contributed by atoms with E-state index in [9.17, 15) is 0 Å². The second-order valence-electron chi connectivity index (χ2n) is 12.3. The van der Waals surface area contributed by atoms with Crippen LogP contribution in [0.1, 0.15) is 0 Å². The summed E-state index contributed by atoms with van der Waals surface area (Å²) in [7, 11) is 2.06. The van der Waals surface area contributed by atoms with Gasteiger partial charge in [-0.25, -0.2) is 9.97 Å². The van der Waals surface area contributed by atoms with Crippen molar-refractivity contribution >= 4 is 54.6 Å². The summed E-state index contributed by atoms with van der Waals surface area (Å²) >= 11 is 0. The predicted octanol–water partition coefficient (Wildman–Crippen LogP) is 10.6. The Bertz CT molecular complexity index is 2860. The molecule has 0 aliphatic heterocycles. The van der Waals surface area contributed by atoms with Crippen LogP contribution in [-0.4, -0.2) is 23.7 Å². The molecule has 10 aromatic rings. The van der Waals surface area contributed by atoms with Crippen molar-refractivity contribution in [1.29, 1.82) is 0 Å². The summed E-state index contributed by atoms with van der Waals surface area (Å²) in [5, 5.41) is 4.49. The van der Waals surface area contributed by atoms with Crippen LogP contribution in [0.4, 0.5) is 0 Å². The van der Waals surface area contributed by atoms with E-state index in [1.807, 2.05) is 48.7 Å². The average Bonchev–Trinajstić information content (AvgIpc) is 3.80. The molecule has 49 heavy (non-hydrogen) atoms. The van der Waals surface area contributed by atoms with Crippen molar-refractivity contribution in [3.63, 3.8) is 0 Å². The molecule has 0 radical (unpaired) electrons. The Morgan fingerprint density at radius 2 is 1.24 bits per heavy atom. The number of pyridine rings is 1. The highest BCUT2D eigenvalue weighted by Crippen LogP contribution is 2.47. The standard InChI is InChI=1S/C43H29N5O/c1-46-36-23-10-7-20-33(36)45-43(46)28-14-13-17-30(26-28)49-38-27-37-40(31-18-5-9-22-35(31)48(37)39-24-11-12-25-44-39)42-41(38)32-19-6-8-21-34(32)47(42)29-15-3-2-4-16-29/h2-27H,1H3. The van der Waals surface area contributed by atoms with Gasteiger partial charge in [-0.15, -0.1) is 0 Å². The van der Waals surface area contributed by atoms with Crippen LogP contribution in [0.5, 0.6) is 11.5 Å². The number of hydrogen-bond acceptors (Lipinski definition) is 3. The molecule has 4 heterocycles. The third kappa shape index (κ3) is 4.14. The summed E-state index contributed by atoms with van der Waals surface area (Å²) in [5.41, 5.74) is 8.45. The van der Waals surface area contributed by atoms with Gasteiger partial charge in [-0.2, -0.15) is 0 Å². The number of fused-ring (bicyclic) bond motifs is 8. The van der Waals surface area contributed by atoms with E-state index < -0.39 is 0 Å². The van der Waals surface area contributed by atoms with E-state index in [-0.39, 0.29) is 0 Å². The maximum absolute atomic E-state index is 7.04. The highest BCUT2D eigenvalue weighted by molar-refractivity contribution is 6.28. The Morgan fingerprint density at radius 3 is 2.02 bits per heavy atom. The lowest BCUT2D eigenvalue weighted by molar-refractivity contribution is 0.489. The molecule has 6 aromatic carbocycles. The summed E-state index contributed by atoms with van der Waals surface area (Å²) in [4.78, 5) is 9.78. The molecule has 0 saturated carbocycles. The number of hydrogen-bond donors (Lipinski definition) is 0. The Hall–Kier alpha value is -6.66. The molecule has 0 N–H and O–H groups in total. The van der Waals surface area contributed by atoms with Gasteiger partial charge in [-0.3, -0.25) is 4.57 Å². The first-order valence-electron chi connectivity index (χ1n) is 16.4. The smallest absolute Gasteiger partial charge is 0.140 e. The van der Waals surface area contributed by atoms with Gasteiger partial charge in [0.05, 0.1) is 38.5 Å². The zero-order chi connectivity index (χ0) is 32.5. The Morgan fingerprint density at radius 1 is 0.551 bits per heavy atom. The molecule has 0 bridgehead atoms. The first-order valence-corrected chi connectivity index (χ1v) is 16.4. The fourth-order valence-electron chi connectivity index (χ4n) is 7.46. The highest BCUT2D eigenvalue weighted by Gasteiger charge is 2.25. The van der Waals surface area contributed by atoms with Crippen LogP contribution in [0.2, 0.25) is 0 Å². The van der Waals surface area contributed by atoms with Gasteiger partial charge in [-0.05, 0) is 60.7 Å². The lowest BCUT2D eigenvalue weighted by Gasteiger charge is -2.13. The number of para-hydroxylation sites is 5. The van der Waals surface area contributed by atoms with E-state index in [0.717, 1.165) is 89.0 Å². The maximum atomic E-state index is 7.04. The van der Waals surface area contributed by atoms with Crippen molar-refractivity contribution in [3.8, 4) is 34.4 Å². The zero-order valence-corrected chi connectivity index (χ0v) is 26.7. The Labute approximate surface area is 281 Å². The molecular weight excluding hydrogens is 603 g/mol. The molecule has 0 fully saturated rings. The van der Waals surface area contributed by atoms with Crippen LogP contribution in [0.3, 0.4) is 0 Å². The molecule has 0 spiro atoms. The van der Waals surface area contributed by atoms with Gasteiger partial charge in [0.1, 0.15) is 23.1 Å². The second kappa shape index (κ2) is 10.7. The molecule has 6 heteroatoms. The average molecular weight is 632 g/mol. The molecule has 0 aliphatic carbocycles. The summed E-state index contributed by atoms with van der Waals surface area (Å²) in [5.74, 6) is 3.26. The van der Waals surface area contributed by atoms with Crippen molar-refractivity contribution in [1.82, 2.24) is 23.7 Å². The van der Waals surface area contributed by atoms with Crippen molar-refractivity contribution in [2.45, 2.75) is 0 Å². The maximum Gasteiger partial charge on any atom is 0.140 e. The van der Waals surface area contributed by atoms with Gasteiger partial charge in [0.2, 0.25) is 0 Å². The molecule has 0 amide bonds. The van der Waals surface area contributed by atoms with E-state index in [0.29, 0.717) is 0 Å². The van der Waals surface area contributed by atoms with Gasteiger partial charge in [0.15, 0.2) is 0 Å². The monoisotopic (exact) mass is 631 g/mol. The van der Waals surface area contributed by atoms with Gasteiger partial charge in [0.25, 0.3) is 0 Å². The lowest BCUT2D eigenvalue weighted by atomic mass is 10.1. The first-order chi connectivity index (χ1) is 24.2. The number of nitrogens with zero attached hydrogens (tertiary/aromatic N) is 5. The topological polar surface area (TPSA) is 49.8 Å². The minimum atomic E-state index is 0.738. The highest BCUT2D eigenvalue weighted by atomic mass is 16.5. The molecule has 232 valence electrons. The fraction of sp³-hybridized carbons (Fsp3) is 0.0233. The third-order valence-corrected chi connectivity index (χ3v) is 9.54. The summed E-state index contributed by atoms with van der Waals surface area (Å²) < 4.78 is 13.8. The molecule has 0 saturated heterocycles. The summed E-state index contributed by atoms with van der Waals surface area (Å²) in [6, 6.07) is 52.5. The van der Waals surface area contributed by atoms with Crippen LogP contribution < -0.4 is 4.74 Å². The predicted molar refractivity (Wildman–Crippen MR) is 199 cm³/mol. The molecular formula is C43H29N5O. The molecule has 4 aromatic heterocycles.